The lowest BCUT2D eigenvalue weighted by Crippen LogP contribution is -2.45. The third kappa shape index (κ3) is 3.99. The molecular weight excluding hydrogens is 382 g/mol. The van der Waals surface area contributed by atoms with Crippen molar-refractivity contribution in [3.05, 3.63) is 47.5 Å². The molecule has 0 bridgehead atoms. The van der Waals surface area contributed by atoms with Crippen molar-refractivity contribution >= 4 is 34.9 Å². The molecular formula is C20H20ClN3O4. The molecule has 0 aliphatic carbocycles. The van der Waals surface area contributed by atoms with Gasteiger partial charge in [0, 0.05) is 29.0 Å². The smallest absolute Gasteiger partial charge is 0.322 e. The highest BCUT2D eigenvalue weighted by atomic mass is 35.5. The summed E-state index contributed by atoms with van der Waals surface area (Å²) in [5.41, 5.74) is 1.24. The number of anilines is 2. The predicted molar refractivity (Wildman–Crippen MR) is 106 cm³/mol. The Balaban J connectivity index is 1.41. The molecule has 146 valence electrons. The van der Waals surface area contributed by atoms with Gasteiger partial charge in [-0.05, 0) is 49.2 Å². The molecule has 7 nitrogen and oxygen atoms in total. The summed E-state index contributed by atoms with van der Waals surface area (Å²) >= 11 is 5.87. The van der Waals surface area contributed by atoms with Crippen LogP contribution in [0.2, 0.25) is 5.02 Å². The molecule has 0 saturated carbocycles. The first-order valence-electron chi connectivity index (χ1n) is 9.14. The van der Waals surface area contributed by atoms with Crippen molar-refractivity contribution in [2.24, 2.45) is 0 Å². The van der Waals surface area contributed by atoms with E-state index in [-0.39, 0.29) is 11.9 Å². The molecule has 0 aromatic heterocycles. The summed E-state index contributed by atoms with van der Waals surface area (Å²) in [5.74, 6) is 1.04. The summed E-state index contributed by atoms with van der Waals surface area (Å²) < 4.78 is 11.0. The van der Waals surface area contributed by atoms with Crippen LogP contribution in [-0.4, -0.2) is 42.6 Å². The van der Waals surface area contributed by atoms with Crippen molar-refractivity contribution in [2.45, 2.75) is 18.9 Å². The molecule has 8 heteroatoms. The quantitative estimate of drug-likeness (QED) is 0.820. The lowest BCUT2D eigenvalue weighted by Gasteiger charge is -2.24. The minimum absolute atomic E-state index is 0.222. The predicted octanol–water partition coefficient (Wildman–Crippen LogP) is 3.75. The molecule has 0 unspecified atom stereocenters. The summed E-state index contributed by atoms with van der Waals surface area (Å²) in [6, 6.07) is 11.3. The van der Waals surface area contributed by atoms with Gasteiger partial charge in [0.15, 0.2) is 11.5 Å². The minimum atomic E-state index is -0.527. The van der Waals surface area contributed by atoms with Crippen molar-refractivity contribution in [2.75, 3.05) is 30.4 Å². The monoisotopic (exact) mass is 401 g/mol. The van der Waals surface area contributed by atoms with E-state index in [1.165, 1.54) is 0 Å². The Labute approximate surface area is 167 Å². The molecule has 2 N–H and O–H groups in total. The molecule has 2 aromatic carbocycles. The third-order valence-corrected chi connectivity index (χ3v) is 4.97. The average molecular weight is 402 g/mol. The molecule has 4 rings (SSSR count). The van der Waals surface area contributed by atoms with E-state index >= 15 is 0 Å². The van der Waals surface area contributed by atoms with Crippen LogP contribution >= 0.6 is 11.6 Å². The molecule has 28 heavy (non-hydrogen) atoms. The molecule has 3 amide bonds. The van der Waals surface area contributed by atoms with Crippen molar-refractivity contribution in [1.29, 1.82) is 0 Å². The van der Waals surface area contributed by atoms with Gasteiger partial charge in [0.1, 0.15) is 19.3 Å². The number of benzene rings is 2. The fraction of sp³-hybridized carbons (Fsp3) is 0.300. The maximum atomic E-state index is 12.8. The summed E-state index contributed by atoms with van der Waals surface area (Å²) in [4.78, 5) is 27.0. The van der Waals surface area contributed by atoms with Crippen LogP contribution in [0.1, 0.15) is 12.8 Å². The second kappa shape index (κ2) is 7.98. The summed E-state index contributed by atoms with van der Waals surface area (Å²) in [5, 5.41) is 6.28. The van der Waals surface area contributed by atoms with Crippen LogP contribution in [0.25, 0.3) is 0 Å². The van der Waals surface area contributed by atoms with E-state index < -0.39 is 6.04 Å². The Hall–Kier alpha value is -2.93. The van der Waals surface area contributed by atoms with Gasteiger partial charge in [-0.15, -0.1) is 0 Å². The largest absolute Gasteiger partial charge is 0.486 e. The normalized spacial score (nSPS) is 17.9. The van der Waals surface area contributed by atoms with Crippen molar-refractivity contribution < 1.29 is 19.1 Å². The Morgan fingerprint density at radius 3 is 2.46 bits per heavy atom. The number of hydrogen-bond donors (Lipinski definition) is 2. The number of fused-ring (bicyclic) bond motifs is 1. The van der Waals surface area contributed by atoms with Crippen LogP contribution in [0.4, 0.5) is 16.2 Å². The zero-order chi connectivity index (χ0) is 19.5. The number of hydrogen-bond acceptors (Lipinski definition) is 4. The highest BCUT2D eigenvalue weighted by molar-refractivity contribution is 6.30. The molecule has 2 aromatic rings. The van der Waals surface area contributed by atoms with Gasteiger partial charge in [-0.1, -0.05) is 11.6 Å². The number of nitrogens with zero attached hydrogens (tertiary/aromatic N) is 1. The topological polar surface area (TPSA) is 79.9 Å². The van der Waals surface area contributed by atoms with Crippen LogP contribution in [0.3, 0.4) is 0 Å². The van der Waals surface area contributed by atoms with E-state index in [0.29, 0.717) is 54.1 Å². The lowest BCUT2D eigenvalue weighted by atomic mass is 10.2. The second-order valence-corrected chi connectivity index (χ2v) is 7.07. The molecule has 2 aliphatic rings. The molecule has 0 radical (unpaired) electrons. The van der Waals surface area contributed by atoms with Gasteiger partial charge in [0.2, 0.25) is 5.91 Å². The second-order valence-electron chi connectivity index (χ2n) is 6.64. The third-order valence-electron chi connectivity index (χ3n) is 4.72. The van der Waals surface area contributed by atoms with E-state index in [9.17, 15) is 9.59 Å². The maximum Gasteiger partial charge on any atom is 0.322 e. The zero-order valence-corrected chi connectivity index (χ0v) is 15.9. The molecule has 1 atom stereocenters. The van der Waals surface area contributed by atoms with Crippen LogP contribution in [0, 0.1) is 0 Å². The minimum Gasteiger partial charge on any atom is -0.486 e. The number of rotatable bonds is 3. The van der Waals surface area contributed by atoms with Crippen LogP contribution in [0.15, 0.2) is 42.5 Å². The molecule has 0 spiro atoms. The van der Waals surface area contributed by atoms with Gasteiger partial charge < -0.3 is 25.0 Å². The maximum absolute atomic E-state index is 12.8. The van der Waals surface area contributed by atoms with Crippen molar-refractivity contribution in [3.63, 3.8) is 0 Å². The number of nitrogens with one attached hydrogen (secondary N) is 2. The number of halogens is 1. The van der Waals surface area contributed by atoms with Crippen molar-refractivity contribution in [3.8, 4) is 11.5 Å². The highest BCUT2D eigenvalue weighted by Gasteiger charge is 2.34. The number of carbonyl (C=O) groups is 2. The zero-order valence-electron chi connectivity index (χ0n) is 15.1. The summed E-state index contributed by atoms with van der Waals surface area (Å²) in [6.07, 6.45) is 1.39. The molecule has 1 saturated heterocycles. The van der Waals surface area contributed by atoms with E-state index in [0.717, 1.165) is 6.42 Å². The number of carbonyl (C=O) groups excluding carboxylic acids is 2. The van der Waals surface area contributed by atoms with Gasteiger partial charge in [-0.2, -0.15) is 0 Å². The lowest BCUT2D eigenvalue weighted by molar-refractivity contribution is -0.119. The molecule has 2 aliphatic heterocycles. The molecule has 1 fully saturated rings. The van der Waals surface area contributed by atoms with Crippen molar-refractivity contribution in [1.82, 2.24) is 4.90 Å². The Bertz CT molecular complexity index is 888. The van der Waals surface area contributed by atoms with Crippen LogP contribution in [-0.2, 0) is 4.79 Å². The van der Waals surface area contributed by atoms with E-state index in [4.69, 9.17) is 21.1 Å². The van der Waals surface area contributed by atoms with Gasteiger partial charge >= 0.3 is 6.03 Å². The first kappa shape index (κ1) is 18.4. The van der Waals surface area contributed by atoms with Crippen LogP contribution < -0.4 is 20.1 Å². The van der Waals surface area contributed by atoms with Gasteiger partial charge in [-0.3, -0.25) is 4.79 Å². The molecule has 2 heterocycles. The first-order valence-corrected chi connectivity index (χ1v) is 9.52. The summed E-state index contributed by atoms with van der Waals surface area (Å²) in [7, 11) is 0. The number of ether oxygens (including phenoxy) is 2. The Morgan fingerprint density at radius 1 is 0.964 bits per heavy atom. The first-order chi connectivity index (χ1) is 13.6. The van der Waals surface area contributed by atoms with Gasteiger partial charge in [0.05, 0.1) is 0 Å². The van der Waals surface area contributed by atoms with E-state index in [1.54, 1.807) is 47.4 Å². The average Bonchev–Trinajstić information content (AvgIpc) is 3.20. The standard InChI is InChI=1S/C20H20ClN3O4/c21-13-3-5-14(6-4-13)23-20(26)24-9-1-2-16(24)19(25)22-15-7-8-17-18(12-15)28-11-10-27-17/h3-8,12,16H,1-2,9-11H2,(H,22,25)(H,23,26)/t16-/m1/s1. The highest BCUT2D eigenvalue weighted by Crippen LogP contribution is 2.33. The number of amides is 3. The van der Waals surface area contributed by atoms with Gasteiger partial charge in [0.25, 0.3) is 0 Å². The van der Waals surface area contributed by atoms with Gasteiger partial charge in [-0.25, -0.2) is 4.79 Å². The van der Waals surface area contributed by atoms with Crippen LogP contribution in [0.5, 0.6) is 11.5 Å². The Kier molecular flexibility index (Phi) is 5.25. The summed E-state index contributed by atoms with van der Waals surface area (Å²) in [6.45, 7) is 1.52. The van der Waals surface area contributed by atoms with E-state index in [2.05, 4.69) is 10.6 Å². The van der Waals surface area contributed by atoms with E-state index in [1.807, 2.05) is 0 Å². The Morgan fingerprint density at radius 2 is 1.68 bits per heavy atom. The number of likely N-dealkylation sites (tertiary alicyclic amines) is 1. The SMILES string of the molecule is O=C(Nc1ccc2c(c1)OCCO2)[C@H]1CCCN1C(=O)Nc1ccc(Cl)cc1. The number of urea groups is 1. The fourth-order valence-electron chi connectivity index (χ4n) is 3.36. The fourth-order valence-corrected chi connectivity index (χ4v) is 3.48.